The zero-order valence-electron chi connectivity index (χ0n) is 16.6. The summed E-state index contributed by atoms with van der Waals surface area (Å²) in [4.78, 5) is 18.4. The number of aliphatic imine (C=N–C) groups is 1. The summed E-state index contributed by atoms with van der Waals surface area (Å²) in [6, 6.07) is 8.45. The van der Waals surface area contributed by atoms with Crippen molar-refractivity contribution in [3.8, 4) is 0 Å². The van der Waals surface area contributed by atoms with Crippen molar-refractivity contribution in [1.29, 1.82) is 0 Å². The van der Waals surface area contributed by atoms with Gasteiger partial charge in [-0.2, -0.15) is 0 Å². The molecule has 5 nitrogen and oxygen atoms in total. The summed E-state index contributed by atoms with van der Waals surface area (Å²) in [5.74, 6) is 1.84. The van der Waals surface area contributed by atoms with Gasteiger partial charge in [-0.15, -0.1) is 0 Å². The van der Waals surface area contributed by atoms with Crippen LogP contribution < -0.4 is 10.6 Å². The van der Waals surface area contributed by atoms with Crippen molar-refractivity contribution in [2.75, 3.05) is 19.6 Å². The number of benzene rings is 1. The van der Waals surface area contributed by atoms with Gasteiger partial charge in [0.25, 0.3) is 0 Å². The first-order valence-corrected chi connectivity index (χ1v) is 10.0. The monoisotopic (exact) mass is 358 g/mol. The van der Waals surface area contributed by atoms with Crippen molar-refractivity contribution < 1.29 is 4.79 Å². The zero-order chi connectivity index (χ0) is 18.8. The highest BCUT2D eigenvalue weighted by Gasteiger charge is 2.19. The molecular formula is C21H34N4O. The van der Waals surface area contributed by atoms with Crippen molar-refractivity contribution in [1.82, 2.24) is 15.5 Å². The molecule has 1 heterocycles. The minimum Gasteiger partial charge on any atom is -0.357 e. The number of nitrogens with one attached hydrogen (secondary N) is 2. The molecule has 0 radical (unpaired) electrons. The van der Waals surface area contributed by atoms with Crippen molar-refractivity contribution in [2.24, 2.45) is 10.9 Å². The minimum absolute atomic E-state index is 0.275. The maximum absolute atomic E-state index is 11.7. The van der Waals surface area contributed by atoms with Crippen molar-refractivity contribution in [2.45, 2.75) is 59.5 Å². The van der Waals surface area contributed by atoms with Gasteiger partial charge < -0.3 is 15.5 Å². The van der Waals surface area contributed by atoms with E-state index in [1.54, 1.807) is 0 Å². The summed E-state index contributed by atoms with van der Waals surface area (Å²) < 4.78 is 0. The Hall–Kier alpha value is -2.04. The Balaban J connectivity index is 1.88. The van der Waals surface area contributed by atoms with Gasteiger partial charge in [0.05, 0.1) is 6.54 Å². The topological polar surface area (TPSA) is 56.7 Å². The summed E-state index contributed by atoms with van der Waals surface area (Å²) in [5.41, 5.74) is 2.37. The molecule has 1 fully saturated rings. The minimum atomic E-state index is 0.275. The molecule has 144 valence electrons. The van der Waals surface area contributed by atoms with Gasteiger partial charge in [0.15, 0.2) is 5.96 Å². The van der Waals surface area contributed by atoms with E-state index in [2.05, 4.69) is 55.7 Å². The molecule has 1 amide bonds. The van der Waals surface area contributed by atoms with E-state index < -0.39 is 0 Å². The van der Waals surface area contributed by atoms with Crippen LogP contribution in [0.1, 0.15) is 57.6 Å². The van der Waals surface area contributed by atoms with Crippen LogP contribution in [0.3, 0.4) is 0 Å². The Bertz CT molecular complexity index is 578. The van der Waals surface area contributed by atoms with E-state index in [0.29, 0.717) is 18.9 Å². The van der Waals surface area contributed by atoms with Gasteiger partial charge in [0, 0.05) is 32.6 Å². The third-order valence-corrected chi connectivity index (χ3v) is 5.04. The van der Waals surface area contributed by atoms with Crippen LogP contribution in [0.5, 0.6) is 0 Å². The molecule has 0 atom stereocenters. The molecule has 26 heavy (non-hydrogen) atoms. The molecule has 1 aromatic rings. The van der Waals surface area contributed by atoms with Crippen LogP contribution in [0.15, 0.2) is 29.3 Å². The third-order valence-electron chi connectivity index (χ3n) is 5.04. The quantitative estimate of drug-likeness (QED) is 0.526. The highest BCUT2D eigenvalue weighted by Crippen LogP contribution is 2.15. The molecule has 2 rings (SSSR count). The fourth-order valence-corrected chi connectivity index (χ4v) is 3.17. The van der Waals surface area contributed by atoms with Gasteiger partial charge in [0.2, 0.25) is 5.91 Å². The Morgan fingerprint density at radius 3 is 2.38 bits per heavy atom. The van der Waals surface area contributed by atoms with Gasteiger partial charge in [-0.05, 0) is 30.4 Å². The summed E-state index contributed by atoms with van der Waals surface area (Å²) in [7, 11) is 0. The number of nitrogens with zero attached hydrogens (tertiary/aromatic N) is 2. The SMILES string of the molecule is CCNC(=NCc1ccc(CN2CCCC2=O)cc1)NCC(CC)CC. The van der Waals surface area contributed by atoms with E-state index in [1.807, 2.05) is 4.90 Å². The van der Waals surface area contributed by atoms with E-state index in [4.69, 9.17) is 4.99 Å². The van der Waals surface area contributed by atoms with Crippen LogP contribution in [0.2, 0.25) is 0 Å². The largest absolute Gasteiger partial charge is 0.357 e. The molecule has 1 aromatic carbocycles. The highest BCUT2D eigenvalue weighted by atomic mass is 16.2. The van der Waals surface area contributed by atoms with E-state index in [9.17, 15) is 4.79 Å². The standard InChI is InChI=1S/C21H34N4O/c1-4-17(5-2)14-23-21(22-6-3)24-15-18-9-11-19(12-10-18)16-25-13-7-8-20(25)26/h9-12,17H,4-8,13-16H2,1-3H3,(H2,22,23,24). The predicted molar refractivity (Wildman–Crippen MR) is 108 cm³/mol. The van der Waals surface area contributed by atoms with E-state index in [0.717, 1.165) is 38.6 Å². The molecule has 2 N–H and O–H groups in total. The third kappa shape index (κ3) is 6.36. The maximum atomic E-state index is 11.7. The second-order valence-electron chi connectivity index (χ2n) is 6.99. The number of likely N-dealkylation sites (tertiary alicyclic amines) is 1. The second kappa shape index (κ2) is 10.8. The fraction of sp³-hybridized carbons (Fsp3) is 0.619. The number of amides is 1. The first kappa shape index (κ1) is 20.3. The average molecular weight is 359 g/mol. The lowest BCUT2D eigenvalue weighted by atomic mass is 10.0. The van der Waals surface area contributed by atoms with Crippen molar-refractivity contribution >= 4 is 11.9 Å². The number of carbonyl (C=O) groups excluding carboxylic acids is 1. The molecule has 1 aliphatic heterocycles. The van der Waals surface area contributed by atoms with E-state index in [1.165, 1.54) is 24.0 Å². The molecule has 1 aliphatic rings. The van der Waals surface area contributed by atoms with Gasteiger partial charge in [-0.3, -0.25) is 4.79 Å². The first-order chi connectivity index (χ1) is 12.7. The molecule has 0 bridgehead atoms. The number of rotatable bonds is 9. The smallest absolute Gasteiger partial charge is 0.222 e. The predicted octanol–water partition coefficient (Wildman–Crippen LogP) is 3.30. The molecule has 0 aromatic heterocycles. The van der Waals surface area contributed by atoms with E-state index >= 15 is 0 Å². The van der Waals surface area contributed by atoms with Gasteiger partial charge >= 0.3 is 0 Å². The number of guanidine groups is 1. The lowest BCUT2D eigenvalue weighted by molar-refractivity contribution is -0.128. The van der Waals surface area contributed by atoms with Crippen LogP contribution in [-0.2, 0) is 17.9 Å². The van der Waals surface area contributed by atoms with Crippen LogP contribution in [0, 0.1) is 5.92 Å². The Morgan fingerprint density at radius 1 is 1.12 bits per heavy atom. The fourth-order valence-electron chi connectivity index (χ4n) is 3.17. The molecule has 1 saturated heterocycles. The van der Waals surface area contributed by atoms with Gasteiger partial charge in [-0.25, -0.2) is 4.99 Å². The summed E-state index contributed by atoms with van der Waals surface area (Å²) in [6.07, 6.45) is 4.06. The second-order valence-corrected chi connectivity index (χ2v) is 6.99. The number of hydrogen-bond acceptors (Lipinski definition) is 2. The summed E-state index contributed by atoms with van der Waals surface area (Å²) >= 11 is 0. The van der Waals surface area contributed by atoms with Crippen molar-refractivity contribution in [3.63, 3.8) is 0 Å². The van der Waals surface area contributed by atoms with Crippen LogP contribution in [-0.4, -0.2) is 36.4 Å². The molecule has 5 heteroatoms. The average Bonchev–Trinajstić information content (AvgIpc) is 3.06. The summed E-state index contributed by atoms with van der Waals surface area (Å²) in [6.45, 7) is 10.6. The Kier molecular flexibility index (Phi) is 8.45. The number of hydrogen-bond donors (Lipinski definition) is 2. The lowest BCUT2D eigenvalue weighted by Crippen LogP contribution is -2.39. The van der Waals surface area contributed by atoms with Crippen LogP contribution in [0.25, 0.3) is 0 Å². The Morgan fingerprint density at radius 2 is 1.81 bits per heavy atom. The molecule has 0 saturated carbocycles. The number of carbonyl (C=O) groups is 1. The zero-order valence-corrected chi connectivity index (χ0v) is 16.6. The van der Waals surface area contributed by atoms with Crippen LogP contribution in [0.4, 0.5) is 0 Å². The molecule has 0 spiro atoms. The molecule has 0 unspecified atom stereocenters. The maximum Gasteiger partial charge on any atom is 0.222 e. The van der Waals surface area contributed by atoms with Crippen molar-refractivity contribution in [3.05, 3.63) is 35.4 Å². The Labute approximate surface area is 158 Å². The first-order valence-electron chi connectivity index (χ1n) is 10.0. The molecular weight excluding hydrogens is 324 g/mol. The normalized spacial score (nSPS) is 15.0. The molecule has 0 aliphatic carbocycles. The van der Waals surface area contributed by atoms with Gasteiger partial charge in [-0.1, -0.05) is 51.0 Å². The lowest BCUT2D eigenvalue weighted by Gasteiger charge is -2.17. The highest BCUT2D eigenvalue weighted by molar-refractivity contribution is 5.79. The summed E-state index contributed by atoms with van der Waals surface area (Å²) in [5, 5.41) is 6.77. The van der Waals surface area contributed by atoms with Crippen LogP contribution >= 0.6 is 0 Å². The van der Waals surface area contributed by atoms with E-state index in [-0.39, 0.29) is 5.91 Å². The van der Waals surface area contributed by atoms with Gasteiger partial charge in [0.1, 0.15) is 0 Å².